The summed E-state index contributed by atoms with van der Waals surface area (Å²) in [6.07, 6.45) is 6.15. The van der Waals surface area contributed by atoms with E-state index in [2.05, 4.69) is 12.1 Å². The van der Waals surface area contributed by atoms with Crippen molar-refractivity contribution >= 4 is 29.3 Å². The molecular formula is C14H18Cl2O2Si. The van der Waals surface area contributed by atoms with Gasteiger partial charge in [0.1, 0.15) is 6.10 Å². The van der Waals surface area contributed by atoms with Crippen molar-refractivity contribution in [2.45, 2.75) is 44.3 Å². The minimum atomic E-state index is -2.99. The molecule has 1 aromatic rings. The van der Waals surface area contributed by atoms with E-state index in [1.165, 1.54) is 32.1 Å². The van der Waals surface area contributed by atoms with E-state index >= 15 is 0 Å². The molecule has 1 aromatic carbocycles. The average Bonchev–Trinajstić information content (AvgIpc) is 2.77. The zero-order valence-corrected chi connectivity index (χ0v) is 13.2. The monoisotopic (exact) mass is 316 g/mol. The van der Waals surface area contributed by atoms with Crippen molar-refractivity contribution in [2.24, 2.45) is 5.92 Å². The van der Waals surface area contributed by atoms with Gasteiger partial charge in [-0.15, -0.1) is 0 Å². The van der Waals surface area contributed by atoms with Gasteiger partial charge in [0.05, 0.1) is 6.10 Å². The SMILES string of the molecule is Cl[Si]1(Cl)O[C@H](c2ccccc2)[C@H](C2CCCCC2)O1. The normalized spacial score (nSPS) is 31.5. The lowest BCUT2D eigenvalue weighted by atomic mass is 9.82. The third-order valence-electron chi connectivity index (χ3n) is 4.08. The van der Waals surface area contributed by atoms with E-state index in [4.69, 9.17) is 31.0 Å². The van der Waals surface area contributed by atoms with Gasteiger partial charge in [-0.3, -0.25) is 0 Å². The Morgan fingerprint density at radius 3 is 2.32 bits per heavy atom. The van der Waals surface area contributed by atoms with Crippen molar-refractivity contribution in [3.05, 3.63) is 35.9 Å². The topological polar surface area (TPSA) is 18.5 Å². The van der Waals surface area contributed by atoms with Crippen LogP contribution in [-0.4, -0.2) is 13.3 Å². The van der Waals surface area contributed by atoms with Crippen LogP contribution in [0.2, 0.25) is 0 Å². The molecule has 0 bridgehead atoms. The first-order valence-corrected chi connectivity index (χ1v) is 10.8. The molecular weight excluding hydrogens is 299 g/mol. The van der Waals surface area contributed by atoms with Gasteiger partial charge in [0.2, 0.25) is 0 Å². The van der Waals surface area contributed by atoms with Crippen molar-refractivity contribution < 1.29 is 8.85 Å². The molecule has 0 spiro atoms. The zero-order valence-electron chi connectivity index (χ0n) is 10.7. The molecule has 2 atom stereocenters. The van der Waals surface area contributed by atoms with Gasteiger partial charge in [-0.1, -0.05) is 71.8 Å². The predicted molar refractivity (Wildman–Crippen MR) is 79.2 cm³/mol. The maximum Gasteiger partial charge on any atom is 0.552 e. The number of hydrogen-bond acceptors (Lipinski definition) is 2. The Labute approximate surface area is 124 Å². The molecule has 104 valence electrons. The quantitative estimate of drug-likeness (QED) is 0.584. The standard InChI is InChI=1S/C14H18Cl2O2Si/c15-19(16)17-13(11-7-3-1-4-8-11)14(18-19)12-9-5-2-6-10-12/h1,3-4,7-8,12-14H,2,5-6,9-10H2/t13-,14+/m1/s1. The molecule has 0 N–H and O–H groups in total. The summed E-state index contributed by atoms with van der Waals surface area (Å²) in [5.74, 6) is 0.519. The number of benzene rings is 1. The molecule has 3 rings (SSSR count). The predicted octanol–water partition coefficient (Wildman–Crippen LogP) is 4.64. The molecule has 0 aromatic heterocycles. The van der Waals surface area contributed by atoms with Crippen LogP contribution in [0.25, 0.3) is 0 Å². The van der Waals surface area contributed by atoms with E-state index < -0.39 is 7.18 Å². The van der Waals surface area contributed by atoms with Crippen LogP contribution in [0.15, 0.2) is 30.3 Å². The molecule has 1 aliphatic carbocycles. The van der Waals surface area contributed by atoms with Gasteiger partial charge >= 0.3 is 7.18 Å². The first-order valence-electron chi connectivity index (χ1n) is 6.94. The fourth-order valence-electron chi connectivity index (χ4n) is 3.17. The summed E-state index contributed by atoms with van der Waals surface area (Å²) in [7, 11) is -2.99. The molecule has 2 nitrogen and oxygen atoms in total. The highest BCUT2D eigenvalue weighted by atomic mass is 35.7. The highest BCUT2D eigenvalue weighted by Gasteiger charge is 2.52. The Bertz CT molecular complexity index is 421. The molecule has 2 fully saturated rings. The molecule has 0 radical (unpaired) electrons. The highest BCUT2D eigenvalue weighted by Crippen LogP contribution is 2.46. The Kier molecular flexibility index (Phi) is 4.20. The van der Waals surface area contributed by atoms with Gasteiger partial charge in [0.25, 0.3) is 0 Å². The van der Waals surface area contributed by atoms with Crippen molar-refractivity contribution in [1.29, 1.82) is 0 Å². The van der Waals surface area contributed by atoms with Gasteiger partial charge in [0, 0.05) is 0 Å². The van der Waals surface area contributed by atoms with Crippen LogP contribution >= 0.6 is 22.2 Å². The summed E-state index contributed by atoms with van der Waals surface area (Å²) < 4.78 is 11.8. The molecule has 1 saturated carbocycles. The zero-order chi connectivity index (χ0) is 13.3. The van der Waals surface area contributed by atoms with E-state index in [1.54, 1.807) is 0 Å². The fourth-order valence-corrected chi connectivity index (χ4v) is 5.62. The fraction of sp³-hybridized carbons (Fsp3) is 0.571. The third-order valence-corrected chi connectivity index (χ3v) is 6.22. The van der Waals surface area contributed by atoms with Crippen LogP contribution < -0.4 is 0 Å². The maximum absolute atomic E-state index is 6.19. The average molecular weight is 317 g/mol. The lowest BCUT2D eigenvalue weighted by Gasteiger charge is -2.30. The van der Waals surface area contributed by atoms with E-state index in [1.807, 2.05) is 18.2 Å². The van der Waals surface area contributed by atoms with E-state index in [9.17, 15) is 0 Å². The summed E-state index contributed by atoms with van der Waals surface area (Å²) in [4.78, 5) is 0. The Hall–Kier alpha value is -0.0631. The number of hydrogen-bond donors (Lipinski definition) is 0. The number of rotatable bonds is 2. The Morgan fingerprint density at radius 2 is 1.63 bits per heavy atom. The lowest BCUT2D eigenvalue weighted by Crippen LogP contribution is -2.29. The minimum Gasteiger partial charge on any atom is -0.365 e. The van der Waals surface area contributed by atoms with Crippen molar-refractivity contribution in [2.75, 3.05) is 0 Å². The van der Waals surface area contributed by atoms with Crippen LogP contribution in [0.1, 0.15) is 43.8 Å². The molecule has 0 unspecified atom stereocenters. The highest BCUT2D eigenvalue weighted by molar-refractivity contribution is 7.39. The summed E-state index contributed by atoms with van der Waals surface area (Å²) in [5.41, 5.74) is 1.12. The second-order valence-corrected chi connectivity index (χ2v) is 10.4. The molecule has 1 saturated heterocycles. The van der Waals surface area contributed by atoms with Gasteiger partial charge < -0.3 is 8.85 Å². The largest absolute Gasteiger partial charge is 0.552 e. The van der Waals surface area contributed by atoms with Gasteiger partial charge in [0.15, 0.2) is 0 Å². The van der Waals surface area contributed by atoms with E-state index in [0.29, 0.717) is 5.92 Å². The summed E-state index contributed by atoms with van der Waals surface area (Å²) in [5, 5.41) is 0. The Balaban J connectivity index is 1.83. The molecule has 1 aliphatic heterocycles. The summed E-state index contributed by atoms with van der Waals surface area (Å²) in [6, 6.07) is 10.2. The molecule has 0 amide bonds. The molecule has 2 aliphatic rings. The molecule has 19 heavy (non-hydrogen) atoms. The van der Waals surface area contributed by atoms with Crippen LogP contribution in [0, 0.1) is 5.92 Å². The van der Waals surface area contributed by atoms with Crippen LogP contribution in [0.4, 0.5) is 0 Å². The Morgan fingerprint density at radius 1 is 0.947 bits per heavy atom. The minimum absolute atomic E-state index is 0.0179. The van der Waals surface area contributed by atoms with Crippen molar-refractivity contribution in [3.63, 3.8) is 0 Å². The van der Waals surface area contributed by atoms with Crippen LogP contribution in [0.5, 0.6) is 0 Å². The second-order valence-electron chi connectivity index (χ2n) is 5.39. The van der Waals surface area contributed by atoms with Crippen LogP contribution in [0.3, 0.4) is 0 Å². The summed E-state index contributed by atoms with van der Waals surface area (Å²) in [6.45, 7) is 0. The van der Waals surface area contributed by atoms with E-state index in [-0.39, 0.29) is 12.2 Å². The first kappa shape index (κ1) is 13.9. The van der Waals surface area contributed by atoms with Gasteiger partial charge in [-0.2, -0.15) is 0 Å². The lowest BCUT2D eigenvalue weighted by molar-refractivity contribution is 0.0784. The molecule has 5 heteroatoms. The van der Waals surface area contributed by atoms with Crippen molar-refractivity contribution in [1.82, 2.24) is 0 Å². The maximum atomic E-state index is 6.19. The van der Waals surface area contributed by atoms with Crippen LogP contribution in [-0.2, 0) is 8.85 Å². The first-order chi connectivity index (χ1) is 9.16. The number of halogens is 2. The summed E-state index contributed by atoms with van der Waals surface area (Å²) >= 11 is 12.4. The van der Waals surface area contributed by atoms with Gasteiger partial charge in [-0.25, -0.2) is 0 Å². The third kappa shape index (κ3) is 3.17. The molecule has 1 heterocycles. The second kappa shape index (κ2) is 5.74. The van der Waals surface area contributed by atoms with Crippen molar-refractivity contribution in [3.8, 4) is 0 Å². The van der Waals surface area contributed by atoms with E-state index in [0.717, 1.165) is 5.56 Å². The smallest absolute Gasteiger partial charge is 0.365 e. The van der Waals surface area contributed by atoms with Gasteiger partial charge in [-0.05, 0) is 24.3 Å².